The molecular formula is C14H15N3O2. The predicted molar refractivity (Wildman–Crippen MR) is 70.1 cm³/mol. The van der Waals surface area contributed by atoms with E-state index in [9.17, 15) is 0 Å². The van der Waals surface area contributed by atoms with Crippen LogP contribution < -0.4 is 14.8 Å². The molecule has 5 heteroatoms. The lowest BCUT2D eigenvalue weighted by atomic mass is 10.2. The van der Waals surface area contributed by atoms with Crippen LogP contribution in [0, 0.1) is 0 Å². The summed E-state index contributed by atoms with van der Waals surface area (Å²) >= 11 is 0. The topological polar surface area (TPSA) is 56.3 Å². The summed E-state index contributed by atoms with van der Waals surface area (Å²) in [5, 5.41) is 3.29. The minimum absolute atomic E-state index is 0.0200. The van der Waals surface area contributed by atoms with Gasteiger partial charge in [-0.2, -0.15) is 0 Å². The summed E-state index contributed by atoms with van der Waals surface area (Å²) in [6, 6.07) is 7.72. The van der Waals surface area contributed by atoms with Crippen molar-refractivity contribution >= 4 is 0 Å². The second-order valence-corrected chi connectivity index (χ2v) is 4.33. The fraction of sp³-hybridized carbons (Fsp3) is 0.286. The quantitative estimate of drug-likeness (QED) is 0.897. The molecule has 0 saturated carbocycles. The van der Waals surface area contributed by atoms with Gasteiger partial charge in [-0.3, -0.25) is 9.97 Å². The van der Waals surface area contributed by atoms with Crippen LogP contribution >= 0.6 is 0 Å². The van der Waals surface area contributed by atoms with Crippen LogP contribution in [0.1, 0.15) is 5.69 Å². The van der Waals surface area contributed by atoms with Gasteiger partial charge in [0.1, 0.15) is 12.7 Å². The van der Waals surface area contributed by atoms with Crippen molar-refractivity contribution in [2.75, 3.05) is 13.2 Å². The molecule has 0 aliphatic carbocycles. The van der Waals surface area contributed by atoms with Crippen LogP contribution in [0.2, 0.25) is 0 Å². The van der Waals surface area contributed by atoms with Gasteiger partial charge in [0.2, 0.25) is 0 Å². The van der Waals surface area contributed by atoms with Gasteiger partial charge in [-0.25, -0.2) is 0 Å². The first-order valence-electron chi connectivity index (χ1n) is 6.26. The standard InChI is InChI=1S/C14H15N3O2/c1-2-4-14-13(3-1)18-10-12(19-14)9-16-8-11-7-15-5-6-17-11/h1-7,12,16H,8-10H2. The van der Waals surface area contributed by atoms with Crippen molar-refractivity contribution in [1.82, 2.24) is 15.3 Å². The van der Waals surface area contributed by atoms with Crippen LogP contribution in [0.3, 0.4) is 0 Å². The number of nitrogens with one attached hydrogen (secondary N) is 1. The van der Waals surface area contributed by atoms with E-state index >= 15 is 0 Å². The number of rotatable bonds is 4. The van der Waals surface area contributed by atoms with Crippen LogP contribution in [-0.4, -0.2) is 29.2 Å². The number of fused-ring (bicyclic) bond motifs is 1. The highest BCUT2D eigenvalue weighted by atomic mass is 16.6. The zero-order valence-electron chi connectivity index (χ0n) is 10.5. The van der Waals surface area contributed by atoms with E-state index in [1.807, 2.05) is 24.3 Å². The number of benzene rings is 1. The third-order valence-corrected chi connectivity index (χ3v) is 2.86. The van der Waals surface area contributed by atoms with E-state index in [0.29, 0.717) is 19.7 Å². The lowest BCUT2D eigenvalue weighted by Gasteiger charge is -2.26. The van der Waals surface area contributed by atoms with E-state index < -0.39 is 0 Å². The summed E-state index contributed by atoms with van der Waals surface area (Å²) in [7, 11) is 0. The van der Waals surface area contributed by atoms with Crippen molar-refractivity contribution in [2.24, 2.45) is 0 Å². The average Bonchev–Trinajstić information content (AvgIpc) is 2.48. The number of hydrogen-bond acceptors (Lipinski definition) is 5. The van der Waals surface area contributed by atoms with Crippen LogP contribution in [0.4, 0.5) is 0 Å². The summed E-state index contributed by atoms with van der Waals surface area (Å²) in [6.45, 7) is 1.95. The Morgan fingerprint density at radius 1 is 1.21 bits per heavy atom. The second-order valence-electron chi connectivity index (χ2n) is 4.33. The number of nitrogens with zero attached hydrogens (tertiary/aromatic N) is 2. The molecule has 0 saturated heterocycles. The maximum atomic E-state index is 5.85. The smallest absolute Gasteiger partial charge is 0.161 e. The molecule has 2 aromatic rings. The number of ether oxygens (including phenoxy) is 2. The van der Waals surface area contributed by atoms with Gasteiger partial charge in [0.15, 0.2) is 11.5 Å². The first-order chi connectivity index (χ1) is 9.42. The monoisotopic (exact) mass is 257 g/mol. The van der Waals surface area contributed by atoms with Gasteiger partial charge in [-0.05, 0) is 12.1 Å². The molecule has 1 aliphatic rings. The summed E-state index contributed by atoms with van der Waals surface area (Å²) in [4.78, 5) is 8.22. The molecular weight excluding hydrogens is 242 g/mol. The molecule has 1 N–H and O–H groups in total. The fourth-order valence-corrected chi connectivity index (χ4v) is 1.95. The van der Waals surface area contributed by atoms with Crippen molar-refractivity contribution in [3.05, 3.63) is 48.5 Å². The van der Waals surface area contributed by atoms with Crippen molar-refractivity contribution in [3.8, 4) is 11.5 Å². The zero-order chi connectivity index (χ0) is 12.9. The third-order valence-electron chi connectivity index (χ3n) is 2.86. The SMILES string of the molecule is c1ccc2c(c1)OCC(CNCc1cnccn1)O2. The number of para-hydroxylation sites is 2. The Labute approximate surface area is 111 Å². The highest BCUT2D eigenvalue weighted by molar-refractivity contribution is 5.40. The molecule has 0 fully saturated rings. The minimum Gasteiger partial charge on any atom is -0.486 e. The fourth-order valence-electron chi connectivity index (χ4n) is 1.95. The van der Waals surface area contributed by atoms with Gasteiger partial charge < -0.3 is 14.8 Å². The van der Waals surface area contributed by atoms with E-state index in [1.54, 1.807) is 18.6 Å². The summed E-state index contributed by atoms with van der Waals surface area (Å²) in [5.74, 6) is 1.62. The molecule has 0 radical (unpaired) electrons. The Balaban J connectivity index is 1.50. The highest BCUT2D eigenvalue weighted by Crippen LogP contribution is 2.30. The molecule has 5 nitrogen and oxygen atoms in total. The van der Waals surface area contributed by atoms with Crippen molar-refractivity contribution < 1.29 is 9.47 Å². The normalized spacial score (nSPS) is 17.2. The first kappa shape index (κ1) is 11.9. The molecule has 0 amide bonds. The highest BCUT2D eigenvalue weighted by Gasteiger charge is 2.19. The third kappa shape index (κ3) is 3.00. The van der Waals surface area contributed by atoms with Crippen molar-refractivity contribution in [3.63, 3.8) is 0 Å². The van der Waals surface area contributed by atoms with Gasteiger partial charge in [0.25, 0.3) is 0 Å². The van der Waals surface area contributed by atoms with Gasteiger partial charge in [0, 0.05) is 31.7 Å². The molecule has 1 atom stereocenters. The molecule has 2 heterocycles. The van der Waals surface area contributed by atoms with Gasteiger partial charge in [0.05, 0.1) is 5.69 Å². The molecule has 0 spiro atoms. The Morgan fingerprint density at radius 2 is 2.11 bits per heavy atom. The van der Waals surface area contributed by atoms with E-state index in [2.05, 4.69) is 15.3 Å². The Bertz CT molecular complexity index is 533. The first-order valence-corrected chi connectivity index (χ1v) is 6.26. The predicted octanol–water partition coefficient (Wildman–Crippen LogP) is 1.41. The van der Waals surface area contributed by atoms with Gasteiger partial charge >= 0.3 is 0 Å². The Morgan fingerprint density at radius 3 is 2.95 bits per heavy atom. The average molecular weight is 257 g/mol. The largest absolute Gasteiger partial charge is 0.486 e. The van der Waals surface area contributed by atoms with E-state index in [0.717, 1.165) is 17.2 Å². The van der Waals surface area contributed by atoms with Gasteiger partial charge in [-0.1, -0.05) is 12.1 Å². The molecule has 1 aromatic carbocycles. The number of aromatic nitrogens is 2. The van der Waals surface area contributed by atoms with E-state index in [1.165, 1.54) is 0 Å². The second kappa shape index (κ2) is 5.67. The lowest BCUT2D eigenvalue weighted by Crippen LogP contribution is -2.38. The molecule has 1 aromatic heterocycles. The number of hydrogen-bond donors (Lipinski definition) is 1. The molecule has 3 rings (SSSR count). The molecule has 1 aliphatic heterocycles. The van der Waals surface area contributed by atoms with Crippen LogP contribution in [-0.2, 0) is 6.54 Å². The van der Waals surface area contributed by atoms with E-state index in [-0.39, 0.29) is 6.10 Å². The minimum atomic E-state index is 0.0200. The van der Waals surface area contributed by atoms with E-state index in [4.69, 9.17) is 9.47 Å². The molecule has 98 valence electrons. The van der Waals surface area contributed by atoms with Crippen molar-refractivity contribution in [2.45, 2.75) is 12.6 Å². The Kier molecular flexibility index (Phi) is 3.56. The molecule has 1 unspecified atom stereocenters. The Hall–Kier alpha value is -2.14. The maximum absolute atomic E-state index is 5.85. The summed E-state index contributed by atoms with van der Waals surface area (Å²) in [6.07, 6.45) is 5.12. The molecule has 0 bridgehead atoms. The van der Waals surface area contributed by atoms with Crippen LogP contribution in [0.15, 0.2) is 42.9 Å². The zero-order valence-corrected chi connectivity index (χ0v) is 10.5. The maximum Gasteiger partial charge on any atom is 0.161 e. The van der Waals surface area contributed by atoms with Crippen molar-refractivity contribution in [1.29, 1.82) is 0 Å². The summed E-state index contributed by atoms with van der Waals surface area (Å²) in [5.41, 5.74) is 0.916. The summed E-state index contributed by atoms with van der Waals surface area (Å²) < 4.78 is 11.5. The van der Waals surface area contributed by atoms with Crippen LogP contribution in [0.5, 0.6) is 11.5 Å². The molecule has 19 heavy (non-hydrogen) atoms. The lowest BCUT2D eigenvalue weighted by molar-refractivity contribution is 0.0901. The van der Waals surface area contributed by atoms with Crippen LogP contribution in [0.25, 0.3) is 0 Å². The van der Waals surface area contributed by atoms with Gasteiger partial charge in [-0.15, -0.1) is 0 Å².